The molecule has 0 radical (unpaired) electrons. The molecule has 0 spiro atoms. The topological polar surface area (TPSA) is 38.9 Å². The van der Waals surface area contributed by atoms with Crippen molar-refractivity contribution in [2.45, 2.75) is 0 Å². The number of furan rings is 1. The number of rotatable bonds is 6. The third-order valence-corrected chi connectivity index (χ3v) is 11.1. The Kier molecular flexibility index (Phi) is 7.82. The van der Waals surface area contributed by atoms with Crippen molar-refractivity contribution in [2.24, 2.45) is 0 Å². The number of nitrogens with zero attached hydrogens (tertiary/aromatic N) is 2. The molecule has 2 aromatic heterocycles. The molecule has 0 aliphatic rings. The molecule has 0 aliphatic heterocycles. The second-order valence-electron chi connectivity index (χ2n) is 14.5. The SMILES string of the molecule is c1ccc(-c2cc(-c3cc(-c4ccc5oc6ccccc6c5c4)cc(-c4cccc5ccccc45)c3)nc(-c3ccccc3-c3cccc4ccccc34)n2)cc1. The zero-order valence-electron chi connectivity index (χ0n) is 30.9. The van der Waals surface area contributed by atoms with E-state index in [1.54, 1.807) is 0 Å². The second-order valence-corrected chi connectivity index (χ2v) is 14.5. The fraction of sp³-hybridized carbons (Fsp3) is 0. The van der Waals surface area contributed by atoms with Gasteiger partial charge in [0.1, 0.15) is 11.2 Å². The molecule has 0 saturated carbocycles. The van der Waals surface area contributed by atoms with Gasteiger partial charge in [-0.1, -0.05) is 164 Å². The van der Waals surface area contributed by atoms with E-state index in [2.05, 4.69) is 188 Å². The summed E-state index contributed by atoms with van der Waals surface area (Å²) in [4.78, 5) is 10.8. The third-order valence-electron chi connectivity index (χ3n) is 11.1. The monoisotopic (exact) mass is 726 g/mol. The van der Waals surface area contributed by atoms with Crippen LogP contribution in [0.5, 0.6) is 0 Å². The van der Waals surface area contributed by atoms with Crippen LogP contribution in [0.4, 0.5) is 0 Å². The van der Waals surface area contributed by atoms with E-state index in [1.165, 1.54) is 27.1 Å². The number of hydrogen-bond donors (Lipinski definition) is 0. The van der Waals surface area contributed by atoms with Gasteiger partial charge in [0.2, 0.25) is 0 Å². The standard InChI is InChI=1S/C54H34N2O/c1-2-16-37(17-3-1)50-34-51(56-54(55-50)48-24-9-8-22-46(48)45-26-13-19-36-15-5-7-21-43(36)45)41-31-39(30-40(32-41)44-25-12-18-35-14-4-6-20-42(35)44)38-28-29-53-49(33-38)47-23-10-11-27-52(47)57-53/h1-34H. The largest absolute Gasteiger partial charge is 0.456 e. The third kappa shape index (κ3) is 5.85. The molecular weight excluding hydrogens is 693 g/mol. The van der Waals surface area contributed by atoms with Crippen molar-refractivity contribution in [2.75, 3.05) is 0 Å². The van der Waals surface area contributed by atoms with Gasteiger partial charge in [-0.25, -0.2) is 9.97 Å². The van der Waals surface area contributed by atoms with Gasteiger partial charge in [-0.3, -0.25) is 0 Å². The Morgan fingerprint density at radius 2 is 0.825 bits per heavy atom. The lowest BCUT2D eigenvalue weighted by Gasteiger charge is -2.16. The lowest BCUT2D eigenvalue weighted by molar-refractivity contribution is 0.669. The van der Waals surface area contributed by atoms with Crippen molar-refractivity contribution in [1.82, 2.24) is 9.97 Å². The molecule has 9 aromatic carbocycles. The van der Waals surface area contributed by atoms with Crippen molar-refractivity contribution in [3.05, 3.63) is 206 Å². The van der Waals surface area contributed by atoms with Gasteiger partial charge >= 0.3 is 0 Å². The molecule has 0 unspecified atom stereocenters. The quantitative estimate of drug-likeness (QED) is 0.171. The minimum atomic E-state index is 0.679. The Morgan fingerprint density at radius 3 is 1.61 bits per heavy atom. The zero-order valence-corrected chi connectivity index (χ0v) is 30.9. The number of hydrogen-bond acceptors (Lipinski definition) is 3. The summed E-state index contributed by atoms with van der Waals surface area (Å²) in [5, 5.41) is 7.01. The fourth-order valence-electron chi connectivity index (χ4n) is 8.33. The van der Waals surface area contributed by atoms with E-state index in [0.717, 1.165) is 77.8 Å². The predicted molar refractivity (Wildman–Crippen MR) is 237 cm³/mol. The van der Waals surface area contributed by atoms with Crippen LogP contribution >= 0.6 is 0 Å². The van der Waals surface area contributed by atoms with Crippen LogP contribution in [0.2, 0.25) is 0 Å². The molecule has 0 atom stereocenters. The van der Waals surface area contributed by atoms with Crippen LogP contribution in [0, 0.1) is 0 Å². The smallest absolute Gasteiger partial charge is 0.161 e. The van der Waals surface area contributed by atoms with E-state index in [-0.39, 0.29) is 0 Å². The minimum Gasteiger partial charge on any atom is -0.456 e. The summed E-state index contributed by atoms with van der Waals surface area (Å²) in [5.74, 6) is 0.679. The second kappa shape index (κ2) is 13.6. The van der Waals surface area contributed by atoms with Crippen LogP contribution in [-0.4, -0.2) is 9.97 Å². The average molecular weight is 727 g/mol. The van der Waals surface area contributed by atoms with Gasteiger partial charge in [0, 0.05) is 27.5 Å². The molecule has 0 amide bonds. The van der Waals surface area contributed by atoms with Crippen LogP contribution < -0.4 is 0 Å². The lowest BCUT2D eigenvalue weighted by atomic mass is 9.91. The van der Waals surface area contributed by atoms with Gasteiger partial charge in [0.15, 0.2) is 5.82 Å². The van der Waals surface area contributed by atoms with Crippen LogP contribution in [0.3, 0.4) is 0 Å². The van der Waals surface area contributed by atoms with Gasteiger partial charge in [-0.15, -0.1) is 0 Å². The molecule has 0 fully saturated rings. The highest BCUT2D eigenvalue weighted by molar-refractivity contribution is 6.07. The molecule has 266 valence electrons. The van der Waals surface area contributed by atoms with Gasteiger partial charge < -0.3 is 4.42 Å². The van der Waals surface area contributed by atoms with Gasteiger partial charge in [-0.2, -0.15) is 0 Å². The van der Waals surface area contributed by atoms with Crippen LogP contribution in [0.1, 0.15) is 0 Å². The molecule has 11 rings (SSSR count). The Hall–Kier alpha value is -7.62. The first kappa shape index (κ1) is 32.8. The first-order valence-electron chi connectivity index (χ1n) is 19.3. The van der Waals surface area contributed by atoms with Crippen molar-refractivity contribution in [3.8, 4) is 67.3 Å². The van der Waals surface area contributed by atoms with Gasteiger partial charge in [-0.05, 0) is 97.4 Å². The Labute approximate surface area is 330 Å². The predicted octanol–water partition coefficient (Wildman–Crippen LogP) is 14.7. The molecule has 0 bridgehead atoms. The fourth-order valence-corrected chi connectivity index (χ4v) is 8.33. The van der Waals surface area contributed by atoms with E-state index in [9.17, 15) is 0 Å². The summed E-state index contributed by atoms with van der Waals surface area (Å²) in [6.45, 7) is 0. The zero-order chi connectivity index (χ0) is 37.7. The Morgan fingerprint density at radius 1 is 0.281 bits per heavy atom. The first-order valence-corrected chi connectivity index (χ1v) is 19.3. The number of fused-ring (bicyclic) bond motifs is 5. The summed E-state index contributed by atoms with van der Waals surface area (Å²) >= 11 is 0. The van der Waals surface area contributed by atoms with Crippen molar-refractivity contribution < 1.29 is 4.42 Å². The minimum absolute atomic E-state index is 0.679. The highest BCUT2D eigenvalue weighted by Crippen LogP contribution is 2.40. The van der Waals surface area contributed by atoms with Crippen molar-refractivity contribution in [3.63, 3.8) is 0 Å². The molecule has 11 aromatic rings. The maximum atomic E-state index is 6.24. The summed E-state index contributed by atoms with van der Waals surface area (Å²) in [5.41, 5.74) is 13.3. The summed E-state index contributed by atoms with van der Waals surface area (Å²) in [6, 6.07) is 72.9. The van der Waals surface area contributed by atoms with Gasteiger partial charge in [0.25, 0.3) is 0 Å². The summed E-state index contributed by atoms with van der Waals surface area (Å²) in [7, 11) is 0. The first-order chi connectivity index (χ1) is 28.2. The van der Waals surface area contributed by atoms with Crippen molar-refractivity contribution in [1.29, 1.82) is 0 Å². The lowest BCUT2D eigenvalue weighted by Crippen LogP contribution is -1.98. The normalized spacial score (nSPS) is 11.5. The average Bonchev–Trinajstić information content (AvgIpc) is 3.67. The van der Waals surface area contributed by atoms with E-state index in [0.29, 0.717) is 5.82 Å². The van der Waals surface area contributed by atoms with E-state index in [4.69, 9.17) is 14.4 Å². The van der Waals surface area contributed by atoms with E-state index >= 15 is 0 Å². The highest BCUT2D eigenvalue weighted by Gasteiger charge is 2.18. The van der Waals surface area contributed by atoms with Crippen LogP contribution in [0.25, 0.3) is 111 Å². The van der Waals surface area contributed by atoms with E-state index in [1.807, 2.05) is 18.2 Å². The van der Waals surface area contributed by atoms with Crippen LogP contribution in [-0.2, 0) is 0 Å². The number of aromatic nitrogens is 2. The molecule has 0 saturated heterocycles. The van der Waals surface area contributed by atoms with Crippen LogP contribution in [0.15, 0.2) is 211 Å². The maximum Gasteiger partial charge on any atom is 0.161 e. The summed E-state index contributed by atoms with van der Waals surface area (Å²) in [6.07, 6.45) is 0. The van der Waals surface area contributed by atoms with E-state index < -0.39 is 0 Å². The number of benzene rings is 9. The molecule has 0 N–H and O–H groups in total. The van der Waals surface area contributed by atoms with Crippen molar-refractivity contribution >= 4 is 43.5 Å². The molecule has 3 nitrogen and oxygen atoms in total. The number of para-hydroxylation sites is 1. The Bertz CT molecular complexity index is 3300. The highest BCUT2D eigenvalue weighted by atomic mass is 16.3. The molecule has 2 heterocycles. The molecule has 0 aliphatic carbocycles. The maximum absolute atomic E-state index is 6.24. The molecule has 57 heavy (non-hydrogen) atoms. The Balaban J connectivity index is 1.16. The van der Waals surface area contributed by atoms with Gasteiger partial charge in [0.05, 0.1) is 11.4 Å². The molecular formula is C54H34N2O. The molecule has 3 heteroatoms. The summed E-state index contributed by atoms with van der Waals surface area (Å²) < 4.78 is 6.24.